The number of aliphatic carboxylic acids is 1. The standard InChI is InChI=1S/C15H19ClFNO2/c1-10(12-6-5-11(17)9-13(12)16)18-8-4-3-7-15(18,2)14(19)20/h5-6,9-10H,3-4,7-8H2,1-2H3,(H,19,20). The largest absolute Gasteiger partial charge is 0.480 e. The van der Waals surface area contributed by atoms with Gasteiger partial charge in [0.2, 0.25) is 0 Å². The fourth-order valence-corrected chi connectivity index (χ4v) is 3.33. The van der Waals surface area contributed by atoms with Gasteiger partial charge in [0, 0.05) is 11.1 Å². The summed E-state index contributed by atoms with van der Waals surface area (Å²) in [5, 5.41) is 9.89. The molecule has 0 bridgehead atoms. The lowest BCUT2D eigenvalue weighted by Gasteiger charge is -2.45. The molecule has 2 atom stereocenters. The van der Waals surface area contributed by atoms with Gasteiger partial charge in [0.05, 0.1) is 0 Å². The van der Waals surface area contributed by atoms with Crippen molar-refractivity contribution in [2.24, 2.45) is 0 Å². The molecular formula is C15H19ClFNO2. The summed E-state index contributed by atoms with van der Waals surface area (Å²) >= 11 is 6.10. The maximum Gasteiger partial charge on any atom is 0.323 e. The molecule has 0 amide bonds. The van der Waals surface area contributed by atoms with Crippen molar-refractivity contribution in [1.82, 2.24) is 4.90 Å². The van der Waals surface area contributed by atoms with Gasteiger partial charge in [-0.1, -0.05) is 17.7 Å². The van der Waals surface area contributed by atoms with Gasteiger partial charge < -0.3 is 5.11 Å². The van der Waals surface area contributed by atoms with E-state index in [9.17, 15) is 14.3 Å². The molecular weight excluding hydrogens is 281 g/mol. The van der Waals surface area contributed by atoms with Gasteiger partial charge >= 0.3 is 5.97 Å². The molecule has 1 fully saturated rings. The van der Waals surface area contributed by atoms with Crippen LogP contribution in [0, 0.1) is 5.82 Å². The summed E-state index contributed by atoms with van der Waals surface area (Å²) in [5.41, 5.74) is -0.127. The number of nitrogens with zero attached hydrogens (tertiary/aromatic N) is 1. The van der Waals surface area contributed by atoms with Crippen LogP contribution >= 0.6 is 11.6 Å². The minimum Gasteiger partial charge on any atom is -0.480 e. The first-order chi connectivity index (χ1) is 9.36. The number of piperidine rings is 1. The van der Waals surface area contributed by atoms with Crippen LogP contribution in [0.2, 0.25) is 5.02 Å². The Labute approximate surface area is 123 Å². The third kappa shape index (κ3) is 2.67. The van der Waals surface area contributed by atoms with E-state index in [1.807, 2.05) is 11.8 Å². The van der Waals surface area contributed by atoms with Crippen molar-refractivity contribution in [2.45, 2.75) is 44.7 Å². The second-order valence-corrected chi connectivity index (χ2v) is 5.98. The predicted molar refractivity (Wildman–Crippen MR) is 76.4 cm³/mol. The Morgan fingerprint density at radius 3 is 2.80 bits per heavy atom. The first-order valence-electron chi connectivity index (χ1n) is 6.81. The summed E-state index contributed by atoms with van der Waals surface area (Å²) in [6.07, 6.45) is 2.49. The summed E-state index contributed by atoms with van der Waals surface area (Å²) in [6.45, 7) is 4.38. The van der Waals surface area contributed by atoms with E-state index in [0.29, 0.717) is 18.0 Å². The van der Waals surface area contributed by atoms with Crippen LogP contribution in [0.15, 0.2) is 18.2 Å². The topological polar surface area (TPSA) is 40.5 Å². The molecule has 2 rings (SSSR count). The molecule has 110 valence electrons. The molecule has 3 nitrogen and oxygen atoms in total. The zero-order valence-corrected chi connectivity index (χ0v) is 12.5. The average molecular weight is 300 g/mol. The molecule has 0 radical (unpaired) electrons. The van der Waals surface area contributed by atoms with Crippen molar-refractivity contribution in [3.8, 4) is 0 Å². The SMILES string of the molecule is CC(c1ccc(F)cc1Cl)N1CCCCC1(C)C(=O)O. The zero-order valence-electron chi connectivity index (χ0n) is 11.7. The number of benzene rings is 1. The molecule has 2 unspecified atom stereocenters. The molecule has 1 aromatic carbocycles. The third-order valence-electron chi connectivity index (χ3n) is 4.29. The Morgan fingerprint density at radius 1 is 1.50 bits per heavy atom. The summed E-state index contributed by atoms with van der Waals surface area (Å²) in [6, 6.07) is 4.11. The number of carbonyl (C=O) groups is 1. The fraction of sp³-hybridized carbons (Fsp3) is 0.533. The van der Waals surface area contributed by atoms with Gasteiger partial charge in [-0.05, 0) is 57.4 Å². The predicted octanol–water partition coefficient (Wildman–Crippen LogP) is 3.87. The van der Waals surface area contributed by atoms with E-state index >= 15 is 0 Å². The summed E-state index contributed by atoms with van der Waals surface area (Å²) in [4.78, 5) is 13.6. The monoisotopic (exact) mass is 299 g/mol. The van der Waals surface area contributed by atoms with E-state index in [1.54, 1.807) is 13.0 Å². The minimum atomic E-state index is -0.893. The highest BCUT2D eigenvalue weighted by Gasteiger charge is 2.43. The van der Waals surface area contributed by atoms with Crippen molar-refractivity contribution in [1.29, 1.82) is 0 Å². The second-order valence-electron chi connectivity index (χ2n) is 5.57. The summed E-state index contributed by atoms with van der Waals surface area (Å²) < 4.78 is 13.1. The lowest BCUT2D eigenvalue weighted by Crippen LogP contribution is -2.55. The average Bonchev–Trinajstić information content (AvgIpc) is 2.38. The molecule has 1 aliphatic heterocycles. The highest BCUT2D eigenvalue weighted by Crippen LogP contribution is 2.37. The molecule has 0 spiro atoms. The van der Waals surface area contributed by atoms with Crippen LogP contribution in [0.5, 0.6) is 0 Å². The van der Waals surface area contributed by atoms with Gasteiger partial charge in [-0.25, -0.2) is 4.39 Å². The Morgan fingerprint density at radius 2 is 2.20 bits per heavy atom. The molecule has 0 saturated carbocycles. The van der Waals surface area contributed by atoms with Crippen molar-refractivity contribution >= 4 is 17.6 Å². The molecule has 1 aliphatic rings. The van der Waals surface area contributed by atoms with E-state index in [-0.39, 0.29) is 11.9 Å². The van der Waals surface area contributed by atoms with Crippen LogP contribution in [0.3, 0.4) is 0 Å². The van der Waals surface area contributed by atoms with Gasteiger partial charge in [0.15, 0.2) is 0 Å². The van der Waals surface area contributed by atoms with Gasteiger partial charge in [0.1, 0.15) is 11.4 Å². The quantitative estimate of drug-likeness (QED) is 0.921. The number of carboxylic acid groups (broad SMARTS) is 1. The molecule has 1 heterocycles. The second kappa shape index (κ2) is 5.70. The molecule has 5 heteroatoms. The van der Waals surface area contributed by atoms with Crippen molar-refractivity contribution in [3.05, 3.63) is 34.6 Å². The van der Waals surface area contributed by atoms with Gasteiger partial charge in [-0.3, -0.25) is 9.69 Å². The van der Waals surface area contributed by atoms with Crippen LogP contribution in [-0.2, 0) is 4.79 Å². The van der Waals surface area contributed by atoms with Gasteiger partial charge in [0.25, 0.3) is 0 Å². The van der Waals surface area contributed by atoms with Crippen LogP contribution in [-0.4, -0.2) is 28.1 Å². The third-order valence-corrected chi connectivity index (χ3v) is 4.61. The maximum absolute atomic E-state index is 13.1. The van der Waals surface area contributed by atoms with Crippen molar-refractivity contribution in [3.63, 3.8) is 0 Å². The Balaban J connectivity index is 2.35. The highest BCUT2D eigenvalue weighted by molar-refractivity contribution is 6.31. The molecule has 1 N–H and O–H groups in total. The Bertz CT molecular complexity index is 523. The first-order valence-corrected chi connectivity index (χ1v) is 7.19. The highest BCUT2D eigenvalue weighted by atomic mass is 35.5. The lowest BCUT2D eigenvalue weighted by atomic mass is 9.86. The smallest absolute Gasteiger partial charge is 0.323 e. The van der Waals surface area contributed by atoms with Crippen LogP contribution in [0.25, 0.3) is 0 Å². The molecule has 20 heavy (non-hydrogen) atoms. The Kier molecular flexibility index (Phi) is 4.35. The van der Waals surface area contributed by atoms with E-state index < -0.39 is 11.5 Å². The number of halogens is 2. The van der Waals surface area contributed by atoms with Crippen molar-refractivity contribution < 1.29 is 14.3 Å². The van der Waals surface area contributed by atoms with E-state index in [4.69, 9.17) is 11.6 Å². The molecule has 1 saturated heterocycles. The Hall–Kier alpha value is -1.13. The molecule has 0 aliphatic carbocycles. The van der Waals surface area contributed by atoms with Crippen LogP contribution < -0.4 is 0 Å². The fourth-order valence-electron chi connectivity index (χ4n) is 3.00. The minimum absolute atomic E-state index is 0.163. The normalized spacial score (nSPS) is 25.4. The van der Waals surface area contributed by atoms with E-state index in [2.05, 4.69) is 0 Å². The molecule has 0 aromatic heterocycles. The zero-order chi connectivity index (χ0) is 14.9. The van der Waals surface area contributed by atoms with Gasteiger partial charge in [-0.2, -0.15) is 0 Å². The van der Waals surface area contributed by atoms with Gasteiger partial charge in [-0.15, -0.1) is 0 Å². The lowest BCUT2D eigenvalue weighted by molar-refractivity contribution is -0.155. The van der Waals surface area contributed by atoms with E-state index in [1.165, 1.54) is 12.1 Å². The van der Waals surface area contributed by atoms with Crippen LogP contribution in [0.1, 0.15) is 44.7 Å². The summed E-state index contributed by atoms with van der Waals surface area (Å²) in [5.74, 6) is -1.20. The van der Waals surface area contributed by atoms with Crippen LogP contribution in [0.4, 0.5) is 4.39 Å². The molecule has 1 aromatic rings. The number of rotatable bonds is 3. The van der Waals surface area contributed by atoms with E-state index in [0.717, 1.165) is 18.4 Å². The summed E-state index contributed by atoms with van der Waals surface area (Å²) in [7, 11) is 0. The number of likely N-dealkylation sites (tertiary alicyclic amines) is 1. The first kappa shape index (κ1) is 15.3. The number of hydrogen-bond donors (Lipinski definition) is 1. The maximum atomic E-state index is 13.1. The number of hydrogen-bond acceptors (Lipinski definition) is 2. The van der Waals surface area contributed by atoms with Crippen molar-refractivity contribution in [2.75, 3.05) is 6.54 Å². The number of carboxylic acids is 1.